The summed E-state index contributed by atoms with van der Waals surface area (Å²) in [6.45, 7) is 4.72. The van der Waals surface area contributed by atoms with Crippen LogP contribution in [0, 0.1) is 0 Å². The third kappa shape index (κ3) is 13.6. The minimum absolute atomic E-state index is 0.525. The van der Waals surface area contributed by atoms with E-state index in [-0.39, 0.29) is 0 Å². The molecular weight excluding hydrogens is 240 g/mol. The zero-order valence-electron chi connectivity index (χ0n) is 12.7. The van der Waals surface area contributed by atoms with Crippen LogP contribution in [0.25, 0.3) is 0 Å². The van der Waals surface area contributed by atoms with Gasteiger partial charge in [0.2, 0.25) is 0 Å². The normalized spacial score (nSPS) is 12.5. The zero-order valence-corrected chi connectivity index (χ0v) is 12.7. The molecule has 1 atom stereocenters. The summed E-state index contributed by atoms with van der Waals surface area (Å²) in [6.07, 6.45) is 13.2. The molecule has 0 aromatic rings. The summed E-state index contributed by atoms with van der Waals surface area (Å²) in [5.74, 6) is -0.824. The first-order valence-corrected chi connectivity index (χ1v) is 7.89. The summed E-state index contributed by atoms with van der Waals surface area (Å²) in [4.78, 5) is 10.5. The Bertz CT molecular complexity index is 210. The Labute approximate surface area is 118 Å². The van der Waals surface area contributed by atoms with Crippen LogP contribution in [0.15, 0.2) is 0 Å². The molecule has 0 aliphatic heterocycles. The van der Waals surface area contributed by atoms with Crippen LogP contribution < -0.4 is 10.9 Å². The van der Waals surface area contributed by atoms with Crippen LogP contribution in [0.2, 0.25) is 0 Å². The number of carbonyl (C=O) groups is 1. The molecular formula is C15H32N2O2. The number of hydrogen-bond donors (Lipinski definition) is 3. The van der Waals surface area contributed by atoms with Crippen molar-refractivity contribution in [2.45, 2.75) is 84.1 Å². The maximum Gasteiger partial charge on any atom is 0.321 e. The fourth-order valence-corrected chi connectivity index (χ4v) is 1.99. The first-order valence-electron chi connectivity index (χ1n) is 7.89. The molecule has 0 bridgehead atoms. The molecule has 4 heteroatoms. The topological polar surface area (TPSA) is 61.4 Å². The molecule has 0 saturated carbocycles. The Morgan fingerprint density at radius 3 is 1.89 bits per heavy atom. The molecule has 114 valence electrons. The van der Waals surface area contributed by atoms with E-state index in [9.17, 15) is 4.79 Å². The SMILES string of the molecule is CCCCCCCCCCCCNN[C@@H](C)C(=O)O. The van der Waals surface area contributed by atoms with Crippen molar-refractivity contribution in [1.82, 2.24) is 10.9 Å². The highest BCUT2D eigenvalue weighted by atomic mass is 16.4. The van der Waals surface area contributed by atoms with Crippen LogP contribution >= 0.6 is 0 Å². The van der Waals surface area contributed by atoms with Gasteiger partial charge < -0.3 is 5.11 Å². The molecule has 0 rings (SSSR count). The largest absolute Gasteiger partial charge is 0.480 e. The Kier molecular flexibility index (Phi) is 13.4. The molecule has 4 nitrogen and oxygen atoms in total. The highest BCUT2D eigenvalue weighted by Crippen LogP contribution is 2.10. The van der Waals surface area contributed by atoms with E-state index in [2.05, 4.69) is 17.8 Å². The minimum atomic E-state index is -0.824. The van der Waals surface area contributed by atoms with Crippen LogP contribution in [0.3, 0.4) is 0 Å². The lowest BCUT2D eigenvalue weighted by Gasteiger charge is -2.10. The number of hydrazine groups is 1. The average Bonchev–Trinajstić information content (AvgIpc) is 2.39. The summed E-state index contributed by atoms with van der Waals surface area (Å²) >= 11 is 0. The number of rotatable bonds is 14. The lowest BCUT2D eigenvalue weighted by molar-refractivity contribution is -0.139. The maximum absolute atomic E-state index is 10.5. The van der Waals surface area contributed by atoms with Gasteiger partial charge in [0, 0.05) is 6.54 Å². The van der Waals surface area contributed by atoms with E-state index < -0.39 is 12.0 Å². The Balaban J connectivity index is 3.05. The quantitative estimate of drug-likeness (QED) is 0.335. The fraction of sp³-hybridized carbons (Fsp3) is 0.933. The summed E-state index contributed by atoms with van der Waals surface area (Å²) in [5.41, 5.74) is 5.72. The van der Waals surface area contributed by atoms with Crippen molar-refractivity contribution in [3.63, 3.8) is 0 Å². The summed E-state index contributed by atoms with van der Waals surface area (Å²) in [6, 6.07) is -0.525. The summed E-state index contributed by atoms with van der Waals surface area (Å²) in [7, 11) is 0. The lowest BCUT2D eigenvalue weighted by atomic mass is 10.1. The van der Waals surface area contributed by atoms with Gasteiger partial charge in [-0.05, 0) is 13.3 Å². The van der Waals surface area contributed by atoms with E-state index in [0.717, 1.165) is 13.0 Å². The van der Waals surface area contributed by atoms with Gasteiger partial charge in [0.25, 0.3) is 0 Å². The number of hydrogen-bond acceptors (Lipinski definition) is 3. The van der Waals surface area contributed by atoms with Crippen LogP contribution in [-0.2, 0) is 4.79 Å². The van der Waals surface area contributed by atoms with Gasteiger partial charge in [-0.25, -0.2) is 5.43 Å². The van der Waals surface area contributed by atoms with Crippen molar-refractivity contribution in [1.29, 1.82) is 0 Å². The van der Waals surface area contributed by atoms with Gasteiger partial charge in [0.15, 0.2) is 0 Å². The molecule has 19 heavy (non-hydrogen) atoms. The van der Waals surface area contributed by atoms with Crippen molar-refractivity contribution < 1.29 is 9.90 Å². The van der Waals surface area contributed by atoms with E-state index in [1.807, 2.05) is 0 Å². The molecule has 0 amide bonds. The summed E-state index contributed by atoms with van der Waals surface area (Å²) < 4.78 is 0. The number of unbranched alkanes of at least 4 members (excludes halogenated alkanes) is 9. The van der Waals surface area contributed by atoms with Crippen molar-refractivity contribution in [3.05, 3.63) is 0 Å². The standard InChI is InChI=1S/C15H32N2O2/c1-3-4-5-6-7-8-9-10-11-12-13-16-17-14(2)15(18)19/h14,16-17H,3-13H2,1-2H3,(H,18,19)/t14-/m0/s1. The van der Waals surface area contributed by atoms with Crippen molar-refractivity contribution >= 4 is 5.97 Å². The van der Waals surface area contributed by atoms with Crippen LogP contribution in [-0.4, -0.2) is 23.7 Å². The summed E-state index contributed by atoms with van der Waals surface area (Å²) in [5, 5.41) is 8.66. The lowest BCUT2D eigenvalue weighted by Crippen LogP contribution is -2.43. The second-order valence-electron chi connectivity index (χ2n) is 5.31. The van der Waals surface area contributed by atoms with E-state index in [1.54, 1.807) is 6.92 Å². The number of carboxylic acid groups (broad SMARTS) is 1. The third-order valence-corrected chi connectivity index (χ3v) is 3.34. The molecule has 0 aliphatic rings. The van der Waals surface area contributed by atoms with Gasteiger partial charge >= 0.3 is 5.97 Å². The number of nitrogens with one attached hydrogen (secondary N) is 2. The Morgan fingerprint density at radius 1 is 0.947 bits per heavy atom. The van der Waals surface area contributed by atoms with Crippen molar-refractivity contribution in [2.24, 2.45) is 0 Å². The first-order chi connectivity index (χ1) is 9.18. The number of aliphatic carboxylic acids is 1. The molecule has 0 radical (unpaired) electrons. The third-order valence-electron chi connectivity index (χ3n) is 3.34. The molecule has 3 N–H and O–H groups in total. The fourth-order valence-electron chi connectivity index (χ4n) is 1.99. The maximum atomic E-state index is 10.5. The highest BCUT2D eigenvalue weighted by Gasteiger charge is 2.07. The van der Waals surface area contributed by atoms with Crippen LogP contribution in [0.4, 0.5) is 0 Å². The van der Waals surface area contributed by atoms with Gasteiger partial charge in [-0.2, -0.15) is 0 Å². The minimum Gasteiger partial charge on any atom is -0.480 e. The van der Waals surface area contributed by atoms with Crippen molar-refractivity contribution in [3.8, 4) is 0 Å². The Morgan fingerprint density at radius 2 is 1.42 bits per heavy atom. The zero-order chi connectivity index (χ0) is 14.3. The molecule has 0 saturated heterocycles. The molecule has 0 heterocycles. The predicted molar refractivity (Wildman–Crippen MR) is 80.1 cm³/mol. The van der Waals surface area contributed by atoms with E-state index >= 15 is 0 Å². The van der Waals surface area contributed by atoms with Crippen molar-refractivity contribution in [2.75, 3.05) is 6.54 Å². The monoisotopic (exact) mass is 272 g/mol. The van der Waals surface area contributed by atoms with Crippen LogP contribution in [0.5, 0.6) is 0 Å². The van der Waals surface area contributed by atoms with E-state index in [0.29, 0.717) is 0 Å². The molecule has 0 unspecified atom stereocenters. The van der Waals surface area contributed by atoms with E-state index in [1.165, 1.54) is 57.8 Å². The Hall–Kier alpha value is -0.610. The van der Waals surface area contributed by atoms with Gasteiger partial charge in [0.1, 0.15) is 6.04 Å². The predicted octanol–water partition coefficient (Wildman–Crippen LogP) is 3.47. The van der Waals surface area contributed by atoms with E-state index in [4.69, 9.17) is 5.11 Å². The number of carboxylic acids is 1. The van der Waals surface area contributed by atoms with Crippen LogP contribution in [0.1, 0.15) is 78.1 Å². The molecule has 0 aromatic heterocycles. The van der Waals surface area contributed by atoms with Gasteiger partial charge in [-0.15, -0.1) is 0 Å². The smallest absolute Gasteiger partial charge is 0.321 e. The molecule has 0 fully saturated rings. The highest BCUT2D eigenvalue weighted by molar-refractivity contribution is 5.72. The van der Waals surface area contributed by atoms with Gasteiger partial charge in [-0.3, -0.25) is 10.2 Å². The van der Waals surface area contributed by atoms with Gasteiger partial charge in [-0.1, -0.05) is 64.7 Å². The molecule has 0 aliphatic carbocycles. The molecule has 0 aromatic carbocycles. The second-order valence-corrected chi connectivity index (χ2v) is 5.31. The first kappa shape index (κ1) is 18.4. The van der Waals surface area contributed by atoms with Gasteiger partial charge in [0.05, 0.1) is 0 Å². The average molecular weight is 272 g/mol. The second kappa shape index (κ2) is 13.8. The molecule has 0 spiro atoms.